The molecule has 4 nitrogen and oxygen atoms in total. The number of halogens is 1. The van der Waals surface area contributed by atoms with Gasteiger partial charge < -0.3 is 15.0 Å². The van der Waals surface area contributed by atoms with Gasteiger partial charge in [-0.05, 0) is 31.1 Å². The third-order valence-corrected chi connectivity index (χ3v) is 4.01. The average molecular weight is 293 g/mol. The van der Waals surface area contributed by atoms with Gasteiger partial charge in [-0.15, -0.1) is 12.4 Å². The molecule has 0 spiro atoms. The fraction of sp³-hybridized carbons (Fsp3) is 0.929. The summed E-state index contributed by atoms with van der Waals surface area (Å²) in [7, 11) is 3.60. The van der Waals surface area contributed by atoms with Gasteiger partial charge in [0, 0.05) is 26.7 Å². The summed E-state index contributed by atoms with van der Waals surface area (Å²) in [5, 5.41) is 3.11. The zero-order valence-electron chi connectivity index (χ0n) is 12.7. The van der Waals surface area contributed by atoms with E-state index in [1.54, 1.807) is 7.11 Å². The molecule has 5 heteroatoms. The molecular weight excluding hydrogens is 264 g/mol. The topological polar surface area (TPSA) is 41.6 Å². The van der Waals surface area contributed by atoms with Crippen LogP contribution in [0.3, 0.4) is 0 Å². The smallest absolute Gasteiger partial charge is 0.236 e. The second-order valence-electron chi connectivity index (χ2n) is 6.07. The monoisotopic (exact) mass is 292 g/mol. The summed E-state index contributed by atoms with van der Waals surface area (Å²) < 4.78 is 4.94. The third kappa shape index (κ3) is 6.59. The Kier molecular flexibility index (Phi) is 8.62. The van der Waals surface area contributed by atoms with E-state index >= 15 is 0 Å². The van der Waals surface area contributed by atoms with Crippen LogP contribution in [0.4, 0.5) is 0 Å². The van der Waals surface area contributed by atoms with Gasteiger partial charge in [-0.1, -0.05) is 13.8 Å². The number of hydrogen-bond donors (Lipinski definition) is 1. The van der Waals surface area contributed by atoms with Crippen LogP contribution < -0.4 is 5.32 Å². The number of nitrogens with one attached hydrogen (secondary N) is 1. The minimum atomic E-state index is 0. The quantitative estimate of drug-likeness (QED) is 0.762. The first-order valence-electron chi connectivity index (χ1n) is 6.91. The normalized spacial score (nSPS) is 18.7. The molecule has 0 aromatic rings. The second kappa shape index (κ2) is 8.77. The van der Waals surface area contributed by atoms with Crippen molar-refractivity contribution in [1.82, 2.24) is 10.2 Å². The third-order valence-electron chi connectivity index (χ3n) is 4.01. The van der Waals surface area contributed by atoms with Crippen molar-refractivity contribution in [3.05, 3.63) is 0 Å². The average Bonchev–Trinajstić information content (AvgIpc) is 2.33. The number of likely N-dealkylation sites (N-methyl/N-ethyl adjacent to an activating group) is 1. The van der Waals surface area contributed by atoms with Crippen LogP contribution in [0.1, 0.15) is 39.5 Å². The van der Waals surface area contributed by atoms with Crippen molar-refractivity contribution >= 4 is 18.3 Å². The predicted molar refractivity (Wildman–Crippen MR) is 80.8 cm³/mol. The molecule has 19 heavy (non-hydrogen) atoms. The second-order valence-corrected chi connectivity index (χ2v) is 6.07. The Balaban J connectivity index is 0.00000324. The zero-order valence-corrected chi connectivity index (χ0v) is 13.5. The Morgan fingerprint density at radius 2 is 1.95 bits per heavy atom. The van der Waals surface area contributed by atoms with Crippen molar-refractivity contribution in [3.8, 4) is 0 Å². The number of methoxy groups -OCH3 is 1. The molecule has 1 N–H and O–H groups in total. The number of amides is 1. The lowest BCUT2D eigenvalue weighted by Crippen LogP contribution is -2.44. The van der Waals surface area contributed by atoms with E-state index in [2.05, 4.69) is 19.2 Å². The lowest BCUT2D eigenvalue weighted by molar-refractivity contribution is -0.132. The molecule has 0 aromatic carbocycles. The van der Waals surface area contributed by atoms with Crippen molar-refractivity contribution in [3.63, 3.8) is 0 Å². The molecule has 0 atom stereocenters. The summed E-state index contributed by atoms with van der Waals surface area (Å²) in [5.74, 6) is 0.191. The molecule has 0 radical (unpaired) electrons. The molecule has 0 bridgehead atoms. The van der Waals surface area contributed by atoms with Crippen molar-refractivity contribution in [2.45, 2.75) is 45.6 Å². The van der Waals surface area contributed by atoms with Gasteiger partial charge in [-0.2, -0.15) is 0 Å². The number of rotatable bonds is 6. The Labute approximate surface area is 123 Å². The van der Waals surface area contributed by atoms with Gasteiger partial charge in [0.15, 0.2) is 0 Å². The summed E-state index contributed by atoms with van der Waals surface area (Å²) in [4.78, 5) is 13.9. The van der Waals surface area contributed by atoms with Crippen LogP contribution >= 0.6 is 12.4 Å². The van der Waals surface area contributed by atoms with Crippen molar-refractivity contribution in [2.24, 2.45) is 5.41 Å². The van der Waals surface area contributed by atoms with E-state index in [0.717, 1.165) is 19.4 Å². The van der Waals surface area contributed by atoms with Gasteiger partial charge in [-0.25, -0.2) is 0 Å². The van der Waals surface area contributed by atoms with Crippen LogP contribution in [0.15, 0.2) is 0 Å². The van der Waals surface area contributed by atoms with E-state index < -0.39 is 0 Å². The summed E-state index contributed by atoms with van der Waals surface area (Å²) in [6, 6.07) is 0.426. The molecule has 1 rings (SSSR count). The van der Waals surface area contributed by atoms with Crippen LogP contribution in [-0.4, -0.2) is 50.7 Å². The van der Waals surface area contributed by atoms with Crippen LogP contribution in [-0.2, 0) is 9.53 Å². The molecule has 1 amide bonds. The van der Waals surface area contributed by atoms with Gasteiger partial charge in [0.1, 0.15) is 0 Å². The SMILES string of the molecule is COCCNCC(=O)N(C)C1CCC(C)(C)CC1.Cl. The molecule has 0 unspecified atom stereocenters. The molecule has 0 aliphatic heterocycles. The largest absolute Gasteiger partial charge is 0.383 e. The molecule has 0 heterocycles. The first-order valence-corrected chi connectivity index (χ1v) is 6.91. The lowest BCUT2D eigenvalue weighted by atomic mass is 9.75. The Morgan fingerprint density at radius 3 is 2.47 bits per heavy atom. The highest BCUT2D eigenvalue weighted by atomic mass is 35.5. The highest BCUT2D eigenvalue weighted by Gasteiger charge is 2.30. The van der Waals surface area contributed by atoms with Crippen molar-refractivity contribution < 1.29 is 9.53 Å². The molecule has 1 aliphatic carbocycles. The molecule has 1 saturated carbocycles. The Bertz CT molecular complexity index is 262. The first kappa shape index (κ1) is 18.7. The Morgan fingerprint density at radius 1 is 1.37 bits per heavy atom. The zero-order chi connectivity index (χ0) is 13.6. The summed E-state index contributed by atoms with van der Waals surface area (Å²) >= 11 is 0. The van der Waals surface area contributed by atoms with E-state index in [4.69, 9.17) is 4.74 Å². The number of ether oxygens (including phenoxy) is 1. The molecular formula is C14H29ClN2O2. The molecule has 0 aromatic heterocycles. The minimum absolute atomic E-state index is 0. The van der Waals surface area contributed by atoms with Crippen LogP contribution in [0.25, 0.3) is 0 Å². The summed E-state index contributed by atoms with van der Waals surface area (Å²) in [5.41, 5.74) is 0.455. The van der Waals surface area contributed by atoms with E-state index in [9.17, 15) is 4.79 Å². The molecule has 1 fully saturated rings. The van der Waals surface area contributed by atoms with E-state index in [1.807, 2.05) is 11.9 Å². The molecule has 0 saturated heterocycles. The fourth-order valence-corrected chi connectivity index (χ4v) is 2.47. The molecule has 1 aliphatic rings. The van der Waals surface area contributed by atoms with Gasteiger partial charge >= 0.3 is 0 Å². The summed E-state index contributed by atoms with van der Waals surface area (Å²) in [6.07, 6.45) is 4.69. The van der Waals surface area contributed by atoms with Gasteiger partial charge in [0.2, 0.25) is 5.91 Å². The highest BCUT2D eigenvalue weighted by Crippen LogP contribution is 2.36. The minimum Gasteiger partial charge on any atom is -0.383 e. The number of carbonyl (C=O) groups excluding carboxylic acids is 1. The van der Waals surface area contributed by atoms with E-state index in [1.165, 1.54) is 12.8 Å². The Hall–Kier alpha value is -0.320. The maximum Gasteiger partial charge on any atom is 0.236 e. The highest BCUT2D eigenvalue weighted by molar-refractivity contribution is 5.85. The van der Waals surface area contributed by atoms with Gasteiger partial charge in [0.05, 0.1) is 13.2 Å². The van der Waals surface area contributed by atoms with Crippen LogP contribution in [0.2, 0.25) is 0 Å². The summed E-state index contributed by atoms with van der Waals surface area (Å²) in [6.45, 7) is 6.43. The predicted octanol–water partition coefficient (Wildman–Crippen LogP) is 2.07. The van der Waals surface area contributed by atoms with Crippen LogP contribution in [0, 0.1) is 5.41 Å². The lowest BCUT2D eigenvalue weighted by Gasteiger charge is -2.38. The van der Waals surface area contributed by atoms with Crippen LogP contribution in [0.5, 0.6) is 0 Å². The van der Waals surface area contributed by atoms with E-state index in [-0.39, 0.29) is 18.3 Å². The van der Waals surface area contributed by atoms with Crippen molar-refractivity contribution in [2.75, 3.05) is 33.9 Å². The number of hydrogen-bond acceptors (Lipinski definition) is 3. The maximum absolute atomic E-state index is 12.0. The van der Waals surface area contributed by atoms with Gasteiger partial charge in [-0.3, -0.25) is 4.79 Å². The fourth-order valence-electron chi connectivity index (χ4n) is 2.47. The van der Waals surface area contributed by atoms with Crippen molar-refractivity contribution in [1.29, 1.82) is 0 Å². The maximum atomic E-state index is 12.0. The number of nitrogens with zero attached hydrogens (tertiary/aromatic N) is 1. The number of carbonyl (C=O) groups is 1. The standard InChI is InChI=1S/C14H28N2O2.ClH/c1-14(2)7-5-12(6-8-14)16(3)13(17)11-15-9-10-18-4;/h12,15H,5-11H2,1-4H3;1H. The van der Waals surface area contributed by atoms with E-state index in [0.29, 0.717) is 24.6 Å². The molecule has 114 valence electrons. The van der Waals surface area contributed by atoms with Gasteiger partial charge in [0.25, 0.3) is 0 Å². The first-order chi connectivity index (χ1) is 8.46.